The summed E-state index contributed by atoms with van der Waals surface area (Å²) < 4.78 is 45.5. The minimum Gasteiger partial charge on any atom is -0.399 e. The first kappa shape index (κ1) is 24.6. The van der Waals surface area contributed by atoms with Crippen LogP contribution in [0.4, 0.5) is 29.5 Å². The lowest BCUT2D eigenvalue weighted by Crippen LogP contribution is -2.54. The number of amides is 2. The topological polar surface area (TPSA) is 96.6 Å². The first-order valence-electron chi connectivity index (χ1n) is 12.3. The molecule has 11 heteroatoms. The summed E-state index contributed by atoms with van der Waals surface area (Å²) in [5.41, 5.74) is 6.83. The highest BCUT2D eigenvalue weighted by Gasteiger charge is 2.46. The van der Waals surface area contributed by atoms with Crippen LogP contribution in [0.5, 0.6) is 0 Å². The van der Waals surface area contributed by atoms with Gasteiger partial charge in [-0.25, -0.2) is 14.8 Å². The van der Waals surface area contributed by atoms with Gasteiger partial charge in [-0.15, -0.1) is 0 Å². The number of rotatable bonds is 3. The van der Waals surface area contributed by atoms with E-state index in [0.717, 1.165) is 55.6 Å². The second-order valence-corrected chi connectivity index (χ2v) is 10.0. The number of nitrogens with one attached hydrogen (secondary N) is 1. The zero-order chi connectivity index (χ0) is 25.7. The van der Waals surface area contributed by atoms with Crippen LogP contribution in [0.25, 0.3) is 0 Å². The first-order valence-corrected chi connectivity index (χ1v) is 12.3. The number of ether oxygens (including phenoxy) is 1. The van der Waals surface area contributed by atoms with Crippen molar-refractivity contribution in [1.82, 2.24) is 19.8 Å². The molecule has 36 heavy (non-hydrogen) atoms. The molecule has 194 valence electrons. The van der Waals surface area contributed by atoms with Gasteiger partial charge >= 0.3 is 12.2 Å². The van der Waals surface area contributed by atoms with Crippen LogP contribution >= 0.6 is 0 Å². The van der Waals surface area contributed by atoms with Crippen LogP contribution in [0, 0.1) is 6.92 Å². The van der Waals surface area contributed by atoms with E-state index < -0.39 is 17.8 Å². The maximum atomic E-state index is 13.6. The van der Waals surface area contributed by atoms with Gasteiger partial charge < -0.3 is 25.6 Å². The van der Waals surface area contributed by atoms with E-state index >= 15 is 0 Å². The van der Waals surface area contributed by atoms with E-state index in [0.29, 0.717) is 43.5 Å². The third kappa shape index (κ3) is 4.56. The predicted octanol–water partition coefficient (Wildman–Crippen LogP) is 4.64. The number of aryl methyl sites for hydroxylation is 1. The fraction of sp³-hybridized carbons (Fsp3) is 0.560. The third-order valence-corrected chi connectivity index (χ3v) is 7.57. The Morgan fingerprint density at radius 1 is 1.17 bits per heavy atom. The number of fused-ring (bicyclic) bond motifs is 1. The van der Waals surface area contributed by atoms with Crippen LogP contribution in [-0.4, -0.2) is 51.1 Å². The predicted molar refractivity (Wildman–Crippen MR) is 128 cm³/mol. The Labute approximate surface area is 208 Å². The van der Waals surface area contributed by atoms with Gasteiger partial charge in [0, 0.05) is 36.5 Å². The number of hydrogen-bond donors (Lipinski definition) is 2. The Kier molecular flexibility index (Phi) is 6.22. The molecule has 0 unspecified atom stereocenters. The molecule has 3 aliphatic rings. The molecule has 0 aliphatic carbocycles. The van der Waals surface area contributed by atoms with Gasteiger partial charge in [0.25, 0.3) is 0 Å². The Morgan fingerprint density at radius 3 is 2.64 bits per heavy atom. The van der Waals surface area contributed by atoms with Crippen molar-refractivity contribution in [3.63, 3.8) is 0 Å². The monoisotopic (exact) mass is 504 g/mol. The van der Waals surface area contributed by atoms with Gasteiger partial charge in [-0.05, 0) is 63.3 Å². The molecule has 1 aromatic heterocycles. The summed E-state index contributed by atoms with van der Waals surface area (Å²) in [6.07, 6.45) is -0.817. The summed E-state index contributed by atoms with van der Waals surface area (Å²) in [6, 6.07) is 3.04. The number of halogens is 3. The first-order chi connectivity index (χ1) is 17.1. The van der Waals surface area contributed by atoms with Crippen molar-refractivity contribution in [3.8, 4) is 0 Å². The second kappa shape index (κ2) is 9.10. The quantitative estimate of drug-likeness (QED) is 0.592. The maximum Gasteiger partial charge on any atom is 0.416 e. The van der Waals surface area contributed by atoms with Gasteiger partial charge in [0.05, 0.1) is 30.4 Å². The largest absolute Gasteiger partial charge is 0.416 e. The number of benzene rings is 1. The molecule has 2 amide bonds. The van der Waals surface area contributed by atoms with Crippen LogP contribution in [0.3, 0.4) is 0 Å². The Morgan fingerprint density at radius 2 is 1.92 bits per heavy atom. The van der Waals surface area contributed by atoms with Crippen LogP contribution in [0.2, 0.25) is 0 Å². The van der Waals surface area contributed by atoms with E-state index in [1.54, 1.807) is 18.7 Å². The Hall–Kier alpha value is -3.08. The highest BCUT2D eigenvalue weighted by Crippen LogP contribution is 2.40. The molecule has 2 fully saturated rings. The van der Waals surface area contributed by atoms with Gasteiger partial charge in [-0.1, -0.05) is 0 Å². The molecular formula is C25H31F3N6O2. The molecule has 3 N–H and O–H groups in total. The minimum absolute atomic E-state index is 0.00490. The highest BCUT2D eigenvalue weighted by molar-refractivity contribution is 5.77. The van der Waals surface area contributed by atoms with Gasteiger partial charge in [0.15, 0.2) is 0 Å². The number of carbonyl (C=O) groups is 1. The van der Waals surface area contributed by atoms with E-state index in [-0.39, 0.29) is 17.3 Å². The molecule has 8 nitrogen and oxygen atoms in total. The maximum absolute atomic E-state index is 13.6. The van der Waals surface area contributed by atoms with Crippen molar-refractivity contribution >= 4 is 17.5 Å². The van der Waals surface area contributed by atoms with Gasteiger partial charge in [-0.3, -0.25) is 0 Å². The molecule has 1 aromatic carbocycles. The normalized spacial score (nSPS) is 20.0. The van der Waals surface area contributed by atoms with Crippen molar-refractivity contribution in [2.45, 2.75) is 70.4 Å². The molecule has 0 bridgehead atoms. The molecule has 4 heterocycles. The van der Waals surface area contributed by atoms with Gasteiger partial charge in [-0.2, -0.15) is 13.2 Å². The van der Waals surface area contributed by atoms with Crippen molar-refractivity contribution in [3.05, 3.63) is 46.4 Å². The molecule has 5 rings (SSSR count). The number of nitrogens with two attached hydrogens (primary N) is 1. The fourth-order valence-electron chi connectivity index (χ4n) is 5.69. The highest BCUT2D eigenvalue weighted by atomic mass is 19.4. The smallest absolute Gasteiger partial charge is 0.399 e. The number of alkyl halides is 3. The Bertz CT molecular complexity index is 1170. The summed E-state index contributed by atoms with van der Waals surface area (Å²) in [5, 5.41) is 3.25. The number of carbonyl (C=O) groups excluding carboxylic acids is 1. The average molecular weight is 505 g/mol. The lowest BCUT2D eigenvalue weighted by molar-refractivity contribution is -0.137. The third-order valence-electron chi connectivity index (χ3n) is 7.57. The van der Waals surface area contributed by atoms with Crippen LogP contribution in [0.15, 0.2) is 18.2 Å². The van der Waals surface area contributed by atoms with E-state index in [2.05, 4.69) is 15.3 Å². The number of nitrogens with zero attached hydrogens (tertiary/aromatic N) is 4. The van der Waals surface area contributed by atoms with Gasteiger partial charge in [0.2, 0.25) is 0 Å². The summed E-state index contributed by atoms with van der Waals surface area (Å²) >= 11 is 0. The summed E-state index contributed by atoms with van der Waals surface area (Å²) in [7, 11) is 0. The lowest BCUT2D eigenvalue weighted by atomic mass is 9.87. The zero-order valence-corrected chi connectivity index (χ0v) is 20.5. The minimum atomic E-state index is -4.49. The van der Waals surface area contributed by atoms with E-state index in [4.69, 9.17) is 10.5 Å². The number of likely N-dealkylation sites (tertiary alicyclic amines) is 1. The van der Waals surface area contributed by atoms with Crippen molar-refractivity contribution in [1.29, 1.82) is 0 Å². The summed E-state index contributed by atoms with van der Waals surface area (Å²) in [4.78, 5) is 26.5. The summed E-state index contributed by atoms with van der Waals surface area (Å²) in [5.74, 6) is 1.06. The van der Waals surface area contributed by atoms with E-state index in [9.17, 15) is 18.0 Å². The number of hydrogen-bond acceptors (Lipinski definition) is 6. The molecule has 1 atom stereocenters. The van der Waals surface area contributed by atoms with E-state index in [1.165, 1.54) is 6.07 Å². The van der Waals surface area contributed by atoms with Crippen LogP contribution < -0.4 is 11.1 Å². The molecule has 2 aromatic rings. The summed E-state index contributed by atoms with van der Waals surface area (Å²) in [6.45, 7) is 6.31. The number of nitrogen functional groups attached to an aromatic ring is 1. The molecule has 2 saturated heterocycles. The zero-order valence-electron chi connectivity index (χ0n) is 20.5. The standard InChI is InChI=1S/C25H31F3N6O2/c1-15(17-10-18(25(26,27)28)12-19(29)11-17)30-22-20-13-33(14-21(20)31-16(2)32-22)23(35)34-7-3-4-24(34)5-8-36-9-6-24/h10-12,15H,3-9,13-14,29H2,1-2H3,(H,30,31,32)/t15-/m1/s1. The molecule has 1 spiro atoms. The van der Waals surface area contributed by atoms with Crippen LogP contribution in [-0.2, 0) is 24.0 Å². The SMILES string of the molecule is Cc1nc2c(c(N[C@H](C)c3cc(N)cc(C(F)(F)F)c3)n1)CN(C(=O)N1CCCC13CCOCC3)C2. The number of urea groups is 1. The second-order valence-electron chi connectivity index (χ2n) is 10.0. The van der Waals surface area contributed by atoms with Crippen molar-refractivity contribution in [2.24, 2.45) is 0 Å². The van der Waals surface area contributed by atoms with Crippen molar-refractivity contribution in [2.75, 3.05) is 30.8 Å². The molecule has 3 aliphatic heterocycles. The van der Waals surface area contributed by atoms with Gasteiger partial charge in [0.1, 0.15) is 11.6 Å². The van der Waals surface area contributed by atoms with Crippen LogP contribution in [0.1, 0.15) is 66.9 Å². The average Bonchev–Trinajstić information content (AvgIpc) is 3.42. The molecule has 0 radical (unpaired) electrons. The fourth-order valence-corrected chi connectivity index (χ4v) is 5.69. The molecular weight excluding hydrogens is 473 g/mol. The van der Waals surface area contributed by atoms with E-state index in [1.807, 2.05) is 4.90 Å². The lowest BCUT2D eigenvalue weighted by Gasteiger charge is -2.42. The van der Waals surface area contributed by atoms with Crippen molar-refractivity contribution < 1.29 is 22.7 Å². The Balaban J connectivity index is 1.36. The number of aromatic nitrogens is 2. The number of anilines is 2. The molecule has 0 saturated carbocycles.